The van der Waals surface area contributed by atoms with Gasteiger partial charge in [0.05, 0.1) is 28.8 Å². The van der Waals surface area contributed by atoms with E-state index in [1.807, 2.05) is 6.92 Å². The highest BCUT2D eigenvalue weighted by atomic mass is 32.1. The molecule has 2 nitrogen and oxygen atoms in total. The van der Waals surface area contributed by atoms with Gasteiger partial charge in [0.15, 0.2) is 0 Å². The highest BCUT2D eigenvalue weighted by Gasteiger charge is 2.37. The number of halogens is 6. The smallest absolute Gasteiger partial charge is 0.416 e. The molecule has 154 valence electrons. The first-order valence-electron chi connectivity index (χ1n) is 7.84. The van der Waals surface area contributed by atoms with E-state index < -0.39 is 23.5 Å². The summed E-state index contributed by atoms with van der Waals surface area (Å²) in [4.78, 5) is 5.80. The molecule has 0 amide bonds. The molecule has 0 aliphatic carbocycles. The van der Waals surface area contributed by atoms with Gasteiger partial charge >= 0.3 is 12.4 Å². The third-order valence-electron chi connectivity index (χ3n) is 3.92. The van der Waals surface area contributed by atoms with Crippen LogP contribution in [0.1, 0.15) is 20.9 Å². The molecule has 0 fully saturated rings. The number of nitrogens with zero attached hydrogens (tertiary/aromatic N) is 1. The molecule has 0 bridgehead atoms. The Balaban J connectivity index is 2.07. The fourth-order valence-electron chi connectivity index (χ4n) is 2.53. The molecule has 0 saturated carbocycles. The largest absolute Gasteiger partial charge is 0.486 e. The van der Waals surface area contributed by atoms with Crippen LogP contribution >= 0.6 is 34.9 Å². The summed E-state index contributed by atoms with van der Waals surface area (Å²) in [5.74, 6) is 0. The molecular weight excluding hydrogens is 456 g/mol. The number of thiazole rings is 1. The number of hydrogen-bond acceptors (Lipinski definition) is 5. The first kappa shape index (κ1) is 21.7. The van der Waals surface area contributed by atoms with Crippen molar-refractivity contribution in [1.29, 1.82) is 0 Å². The first-order chi connectivity index (χ1) is 13.4. The minimum atomic E-state index is -4.91. The van der Waals surface area contributed by atoms with E-state index in [9.17, 15) is 26.3 Å². The fraction of sp³-hybridized carbons (Fsp3) is 0.222. The van der Waals surface area contributed by atoms with Crippen molar-refractivity contribution in [3.05, 3.63) is 50.5 Å². The molecule has 0 saturated heterocycles. The van der Waals surface area contributed by atoms with Crippen molar-refractivity contribution in [3.63, 3.8) is 0 Å². The van der Waals surface area contributed by atoms with E-state index in [-0.39, 0.29) is 22.4 Å². The standard InChI is InChI=1S/C18H11F6NOS3/c1-8-12(6-14(29-8)16(27)26-2)15-25-13(7-28-15)9-3-10(17(19,20)21)5-11(4-9)18(22,23)24/h3-7H,1-2H3. The maximum Gasteiger partial charge on any atom is 0.416 e. The van der Waals surface area contributed by atoms with Crippen LogP contribution in [0.4, 0.5) is 26.3 Å². The van der Waals surface area contributed by atoms with Crippen LogP contribution in [0.2, 0.25) is 0 Å². The molecule has 2 heterocycles. The number of benzene rings is 1. The molecular formula is C18H11F6NOS3. The number of methoxy groups -OCH3 is 1. The van der Waals surface area contributed by atoms with Gasteiger partial charge in [0.1, 0.15) is 5.01 Å². The van der Waals surface area contributed by atoms with Crippen molar-refractivity contribution >= 4 is 39.9 Å². The van der Waals surface area contributed by atoms with E-state index in [0.29, 0.717) is 27.6 Å². The van der Waals surface area contributed by atoms with Crippen LogP contribution in [0.15, 0.2) is 29.6 Å². The summed E-state index contributed by atoms with van der Waals surface area (Å²) in [7, 11) is 1.43. The van der Waals surface area contributed by atoms with Gasteiger partial charge in [-0.3, -0.25) is 0 Å². The number of aryl methyl sites for hydroxylation is 1. The van der Waals surface area contributed by atoms with Crippen LogP contribution < -0.4 is 0 Å². The van der Waals surface area contributed by atoms with Crippen molar-refractivity contribution in [2.75, 3.05) is 7.11 Å². The zero-order valence-corrected chi connectivity index (χ0v) is 17.2. The first-order valence-corrected chi connectivity index (χ1v) is 9.95. The lowest BCUT2D eigenvalue weighted by Gasteiger charge is -2.13. The molecule has 2 aromatic heterocycles. The Labute approximate surface area is 174 Å². The minimum absolute atomic E-state index is 0.0306. The lowest BCUT2D eigenvalue weighted by molar-refractivity contribution is -0.143. The number of alkyl halides is 6. The molecule has 0 unspecified atom stereocenters. The van der Waals surface area contributed by atoms with Gasteiger partial charge in [0.2, 0.25) is 5.05 Å². The predicted molar refractivity (Wildman–Crippen MR) is 104 cm³/mol. The summed E-state index contributed by atoms with van der Waals surface area (Å²) >= 11 is 7.56. The number of hydrogen-bond donors (Lipinski definition) is 0. The molecule has 0 radical (unpaired) electrons. The highest BCUT2D eigenvalue weighted by Crippen LogP contribution is 2.40. The van der Waals surface area contributed by atoms with Crippen molar-refractivity contribution in [3.8, 4) is 21.8 Å². The number of rotatable bonds is 3. The zero-order valence-electron chi connectivity index (χ0n) is 14.7. The maximum absolute atomic E-state index is 13.1. The topological polar surface area (TPSA) is 22.1 Å². The summed E-state index contributed by atoms with van der Waals surface area (Å²) in [5.41, 5.74) is -2.28. The van der Waals surface area contributed by atoms with Gasteiger partial charge in [-0.25, -0.2) is 4.98 Å². The van der Waals surface area contributed by atoms with Crippen LogP contribution in [0.3, 0.4) is 0 Å². The Bertz CT molecular complexity index is 1030. The molecule has 11 heteroatoms. The average Bonchev–Trinajstić information content (AvgIpc) is 3.25. The molecule has 29 heavy (non-hydrogen) atoms. The number of thiophene rings is 1. The number of ether oxygens (including phenoxy) is 1. The normalized spacial score (nSPS) is 12.3. The van der Waals surface area contributed by atoms with Gasteiger partial charge in [0, 0.05) is 21.4 Å². The zero-order chi connectivity index (χ0) is 21.6. The third kappa shape index (κ3) is 4.62. The molecule has 0 aliphatic heterocycles. The van der Waals surface area contributed by atoms with Crippen LogP contribution in [0.25, 0.3) is 21.8 Å². The summed E-state index contributed by atoms with van der Waals surface area (Å²) < 4.78 is 83.5. The van der Waals surface area contributed by atoms with Crippen molar-refractivity contribution in [2.45, 2.75) is 19.3 Å². The number of thiocarbonyl (C=S) groups is 1. The minimum Gasteiger partial charge on any atom is -0.486 e. The van der Waals surface area contributed by atoms with Crippen molar-refractivity contribution in [1.82, 2.24) is 4.98 Å². The van der Waals surface area contributed by atoms with E-state index in [1.165, 1.54) is 23.8 Å². The van der Waals surface area contributed by atoms with Gasteiger partial charge in [-0.2, -0.15) is 26.3 Å². The molecule has 0 aliphatic rings. The summed E-state index contributed by atoms with van der Waals surface area (Å²) in [6, 6.07) is 3.17. The molecule has 3 aromatic rings. The molecule has 0 N–H and O–H groups in total. The van der Waals surface area contributed by atoms with Gasteiger partial charge in [-0.05, 0) is 43.4 Å². The second kappa shape index (κ2) is 7.69. The maximum atomic E-state index is 13.1. The van der Waals surface area contributed by atoms with E-state index in [4.69, 9.17) is 17.0 Å². The van der Waals surface area contributed by atoms with Crippen LogP contribution in [-0.4, -0.2) is 17.1 Å². The second-order valence-corrected chi connectivity index (χ2v) is 8.39. The van der Waals surface area contributed by atoms with Gasteiger partial charge in [-0.1, -0.05) is 0 Å². The summed E-state index contributed by atoms with van der Waals surface area (Å²) in [5, 5.41) is 2.18. The Hall–Kier alpha value is -1.98. The average molecular weight is 467 g/mol. The van der Waals surface area contributed by atoms with Crippen LogP contribution in [-0.2, 0) is 17.1 Å². The highest BCUT2D eigenvalue weighted by molar-refractivity contribution is 7.80. The van der Waals surface area contributed by atoms with E-state index in [2.05, 4.69) is 4.98 Å². The molecule has 0 atom stereocenters. The lowest BCUT2D eigenvalue weighted by Crippen LogP contribution is -2.11. The lowest BCUT2D eigenvalue weighted by atomic mass is 10.0. The Morgan fingerprint density at radius 2 is 1.59 bits per heavy atom. The predicted octanol–water partition coefficient (Wildman–Crippen LogP) is 7.21. The van der Waals surface area contributed by atoms with Gasteiger partial charge in [-0.15, -0.1) is 22.7 Å². The molecule has 1 aromatic carbocycles. The summed E-state index contributed by atoms with van der Waals surface area (Å²) in [6.45, 7) is 1.81. The monoisotopic (exact) mass is 467 g/mol. The number of aromatic nitrogens is 1. The van der Waals surface area contributed by atoms with E-state index >= 15 is 0 Å². The second-order valence-electron chi connectivity index (χ2n) is 5.90. The van der Waals surface area contributed by atoms with Crippen LogP contribution in [0.5, 0.6) is 0 Å². The molecule has 0 spiro atoms. The van der Waals surface area contributed by atoms with Crippen molar-refractivity contribution < 1.29 is 31.1 Å². The fourth-order valence-corrected chi connectivity index (χ4v) is 4.62. The summed E-state index contributed by atoms with van der Waals surface area (Å²) in [6.07, 6.45) is -9.83. The van der Waals surface area contributed by atoms with Gasteiger partial charge in [0.25, 0.3) is 0 Å². The van der Waals surface area contributed by atoms with Crippen molar-refractivity contribution in [2.24, 2.45) is 0 Å². The quantitative estimate of drug-likeness (QED) is 0.300. The Kier molecular flexibility index (Phi) is 5.76. The molecule has 3 rings (SSSR count). The Morgan fingerprint density at radius 1 is 1.00 bits per heavy atom. The SMILES string of the molecule is COC(=S)c1cc(-c2nc(-c3cc(C(F)(F)F)cc(C(F)(F)F)c3)cs2)c(C)s1. The van der Waals surface area contributed by atoms with E-state index in [1.54, 1.807) is 6.07 Å². The Morgan fingerprint density at radius 3 is 2.10 bits per heavy atom. The van der Waals surface area contributed by atoms with E-state index in [0.717, 1.165) is 16.2 Å². The van der Waals surface area contributed by atoms with Crippen LogP contribution in [0, 0.1) is 6.92 Å². The van der Waals surface area contributed by atoms with Gasteiger partial charge < -0.3 is 4.74 Å². The third-order valence-corrected chi connectivity index (χ3v) is 6.36.